The molecule has 0 saturated carbocycles. The van der Waals surface area contributed by atoms with Crippen molar-refractivity contribution < 1.29 is 9.53 Å². The van der Waals surface area contributed by atoms with Gasteiger partial charge in [-0.2, -0.15) is 0 Å². The summed E-state index contributed by atoms with van der Waals surface area (Å²) in [6.45, 7) is 1.32. The monoisotopic (exact) mass is 468 g/mol. The maximum Gasteiger partial charge on any atom is 0.253 e. The van der Waals surface area contributed by atoms with E-state index in [1.807, 2.05) is 53.0 Å². The molecule has 8 heteroatoms. The number of para-hydroxylation sites is 1. The first-order chi connectivity index (χ1) is 17.1. The van der Waals surface area contributed by atoms with Gasteiger partial charge in [0.15, 0.2) is 5.82 Å². The van der Waals surface area contributed by atoms with Crippen molar-refractivity contribution in [3.05, 3.63) is 89.9 Å². The highest BCUT2D eigenvalue weighted by atomic mass is 16.5. The van der Waals surface area contributed by atoms with Crippen LogP contribution in [-0.2, 0) is 13.5 Å². The molecule has 0 N–H and O–H groups in total. The number of imidazole rings is 1. The lowest BCUT2D eigenvalue weighted by atomic mass is 9.92. The van der Waals surface area contributed by atoms with Crippen LogP contribution < -0.4 is 4.74 Å². The first kappa shape index (κ1) is 22.7. The predicted octanol–water partition coefficient (Wildman–Crippen LogP) is 3.89. The van der Waals surface area contributed by atoms with Crippen molar-refractivity contribution in [2.24, 2.45) is 7.05 Å². The van der Waals surface area contributed by atoms with Gasteiger partial charge >= 0.3 is 0 Å². The van der Waals surface area contributed by atoms with Gasteiger partial charge in [0.2, 0.25) is 0 Å². The maximum atomic E-state index is 13.5. The van der Waals surface area contributed by atoms with E-state index in [9.17, 15) is 4.79 Å². The van der Waals surface area contributed by atoms with Crippen molar-refractivity contribution in [1.82, 2.24) is 29.4 Å². The van der Waals surface area contributed by atoms with E-state index >= 15 is 0 Å². The molecule has 0 radical (unpaired) electrons. The molecule has 1 amide bonds. The summed E-state index contributed by atoms with van der Waals surface area (Å²) >= 11 is 0. The second-order valence-electron chi connectivity index (χ2n) is 8.77. The molecular formula is C27H28N6O2. The van der Waals surface area contributed by atoms with Crippen LogP contribution in [0, 0.1) is 0 Å². The number of aryl methyl sites for hydroxylation is 1. The number of hydrogen-bond donors (Lipinski definition) is 0. The van der Waals surface area contributed by atoms with Gasteiger partial charge in [-0.05, 0) is 31.0 Å². The second-order valence-corrected chi connectivity index (χ2v) is 8.77. The normalized spacial score (nSPS) is 15.7. The van der Waals surface area contributed by atoms with Crippen molar-refractivity contribution in [1.29, 1.82) is 0 Å². The van der Waals surface area contributed by atoms with Crippen LogP contribution in [0.3, 0.4) is 0 Å². The van der Waals surface area contributed by atoms with E-state index in [4.69, 9.17) is 4.74 Å². The van der Waals surface area contributed by atoms with Crippen LogP contribution in [-0.4, -0.2) is 55.5 Å². The van der Waals surface area contributed by atoms with E-state index in [-0.39, 0.29) is 11.8 Å². The number of likely N-dealkylation sites (tertiary alicyclic amines) is 1. The third-order valence-corrected chi connectivity index (χ3v) is 6.48. The second kappa shape index (κ2) is 10.0. The SMILES string of the molecule is COc1ccccc1Cc1cc(C(=O)N2CCC[C@@H](c3nccnc3-c3nccn3C)C2)ccn1. The Labute approximate surface area is 204 Å². The van der Waals surface area contributed by atoms with E-state index in [1.54, 1.807) is 38.0 Å². The Hall–Kier alpha value is -4.07. The Kier molecular flexibility index (Phi) is 6.52. The van der Waals surface area contributed by atoms with Crippen molar-refractivity contribution in [2.45, 2.75) is 25.2 Å². The quantitative estimate of drug-likeness (QED) is 0.427. The molecular weight excluding hydrogens is 440 g/mol. The van der Waals surface area contributed by atoms with E-state index in [2.05, 4.69) is 19.9 Å². The highest BCUT2D eigenvalue weighted by molar-refractivity contribution is 5.94. The van der Waals surface area contributed by atoms with Crippen LogP contribution in [0.2, 0.25) is 0 Å². The first-order valence-electron chi connectivity index (χ1n) is 11.8. The topological polar surface area (TPSA) is 86.0 Å². The van der Waals surface area contributed by atoms with Gasteiger partial charge in [0.25, 0.3) is 5.91 Å². The number of rotatable bonds is 6. The van der Waals surface area contributed by atoms with E-state index in [0.717, 1.165) is 53.6 Å². The third-order valence-electron chi connectivity index (χ3n) is 6.48. The maximum absolute atomic E-state index is 13.5. The number of aromatic nitrogens is 5. The molecule has 3 aromatic heterocycles. The minimum atomic E-state index is 0.0146. The molecule has 8 nitrogen and oxygen atoms in total. The van der Waals surface area contributed by atoms with Crippen LogP contribution in [0.1, 0.15) is 46.1 Å². The fourth-order valence-corrected chi connectivity index (χ4v) is 4.73. The van der Waals surface area contributed by atoms with Crippen LogP contribution in [0.4, 0.5) is 0 Å². The molecule has 0 bridgehead atoms. The summed E-state index contributed by atoms with van der Waals surface area (Å²) in [6.07, 6.45) is 11.2. The summed E-state index contributed by atoms with van der Waals surface area (Å²) < 4.78 is 7.41. The van der Waals surface area contributed by atoms with E-state index in [0.29, 0.717) is 18.5 Å². The minimum absolute atomic E-state index is 0.0146. The smallest absolute Gasteiger partial charge is 0.253 e. The van der Waals surface area contributed by atoms with Crippen molar-refractivity contribution in [3.8, 4) is 17.3 Å². The summed E-state index contributed by atoms with van der Waals surface area (Å²) in [5.41, 5.74) is 4.19. The van der Waals surface area contributed by atoms with Crippen molar-refractivity contribution in [2.75, 3.05) is 20.2 Å². The molecule has 1 aliphatic heterocycles. The Balaban J connectivity index is 1.35. The molecule has 4 aromatic rings. The fourth-order valence-electron chi connectivity index (χ4n) is 4.73. The predicted molar refractivity (Wildman–Crippen MR) is 132 cm³/mol. The number of pyridine rings is 1. The van der Waals surface area contributed by atoms with Gasteiger partial charge in [0.1, 0.15) is 11.4 Å². The number of nitrogens with zero attached hydrogens (tertiary/aromatic N) is 6. The van der Waals surface area contributed by atoms with Gasteiger partial charge in [-0.25, -0.2) is 9.97 Å². The average molecular weight is 469 g/mol. The molecule has 0 aliphatic carbocycles. The van der Waals surface area contributed by atoms with Gasteiger partial charge in [-0.1, -0.05) is 18.2 Å². The van der Waals surface area contributed by atoms with Gasteiger partial charge in [-0.3, -0.25) is 14.8 Å². The van der Waals surface area contributed by atoms with Crippen LogP contribution in [0.15, 0.2) is 67.4 Å². The fraction of sp³-hybridized carbons (Fsp3) is 0.296. The zero-order valence-electron chi connectivity index (χ0n) is 20.0. The molecule has 1 aromatic carbocycles. The summed E-state index contributed by atoms with van der Waals surface area (Å²) in [4.78, 5) is 33.6. The zero-order chi connectivity index (χ0) is 24.2. The summed E-state index contributed by atoms with van der Waals surface area (Å²) in [7, 11) is 3.61. The molecule has 1 aliphatic rings. The van der Waals surface area contributed by atoms with Crippen molar-refractivity contribution in [3.63, 3.8) is 0 Å². The van der Waals surface area contributed by atoms with Gasteiger partial charge < -0.3 is 14.2 Å². The minimum Gasteiger partial charge on any atom is -0.496 e. The molecule has 178 valence electrons. The van der Waals surface area contributed by atoms with Gasteiger partial charge in [-0.15, -0.1) is 0 Å². The molecule has 35 heavy (non-hydrogen) atoms. The average Bonchev–Trinajstić information content (AvgIpc) is 3.34. The molecule has 1 fully saturated rings. The Morgan fingerprint density at radius 1 is 1.06 bits per heavy atom. The van der Waals surface area contributed by atoms with Gasteiger partial charge in [0.05, 0.1) is 12.8 Å². The number of benzene rings is 1. The number of amides is 1. The number of carbonyl (C=O) groups is 1. The molecule has 0 unspecified atom stereocenters. The summed E-state index contributed by atoms with van der Waals surface area (Å²) in [5.74, 6) is 1.72. The number of carbonyl (C=O) groups excluding carboxylic acids is 1. The number of methoxy groups -OCH3 is 1. The Bertz CT molecular complexity index is 1330. The first-order valence-corrected chi connectivity index (χ1v) is 11.8. The zero-order valence-corrected chi connectivity index (χ0v) is 20.0. The molecule has 1 atom stereocenters. The molecule has 4 heterocycles. The lowest BCUT2D eigenvalue weighted by molar-refractivity contribution is 0.0705. The summed E-state index contributed by atoms with van der Waals surface area (Å²) in [5, 5.41) is 0. The number of hydrogen-bond acceptors (Lipinski definition) is 6. The highest BCUT2D eigenvalue weighted by Crippen LogP contribution is 2.31. The lowest BCUT2D eigenvalue weighted by Gasteiger charge is -2.33. The van der Waals surface area contributed by atoms with Crippen molar-refractivity contribution >= 4 is 5.91 Å². The lowest BCUT2D eigenvalue weighted by Crippen LogP contribution is -2.39. The standard InChI is InChI=1S/C27H28N6O2/c1-32-15-13-31-26(32)25-24(29-11-12-30-25)21-7-5-14-33(18-21)27(34)20-9-10-28-22(17-20)16-19-6-3-4-8-23(19)35-2/h3-4,6,8-13,15,17,21H,5,7,14,16,18H2,1-2H3/t21-/m1/s1. The third kappa shape index (κ3) is 4.77. The molecule has 0 spiro atoms. The Morgan fingerprint density at radius 3 is 2.74 bits per heavy atom. The van der Waals surface area contributed by atoms with Crippen LogP contribution in [0.25, 0.3) is 11.5 Å². The highest BCUT2D eigenvalue weighted by Gasteiger charge is 2.29. The largest absolute Gasteiger partial charge is 0.496 e. The Morgan fingerprint density at radius 2 is 1.91 bits per heavy atom. The van der Waals surface area contributed by atoms with E-state index in [1.165, 1.54) is 0 Å². The number of piperidine rings is 1. The number of ether oxygens (including phenoxy) is 1. The van der Waals surface area contributed by atoms with Crippen LogP contribution in [0.5, 0.6) is 5.75 Å². The molecule has 1 saturated heterocycles. The summed E-state index contributed by atoms with van der Waals surface area (Å²) in [6, 6.07) is 11.6. The van der Waals surface area contributed by atoms with E-state index < -0.39 is 0 Å². The van der Waals surface area contributed by atoms with Gasteiger partial charge in [0, 0.05) is 80.3 Å². The molecule has 5 rings (SSSR count). The van der Waals surface area contributed by atoms with Crippen LogP contribution >= 0.6 is 0 Å².